The number of hydrogen-bond donors (Lipinski definition) is 1. The van der Waals surface area contributed by atoms with Crippen LogP contribution in [0.4, 0.5) is 5.82 Å². The first-order valence-corrected chi connectivity index (χ1v) is 14.3. The van der Waals surface area contributed by atoms with E-state index in [0.717, 1.165) is 74.0 Å². The summed E-state index contributed by atoms with van der Waals surface area (Å²) in [6, 6.07) is 4.57. The van der Waals surface area contributed by atoms with E-state index in [2.05, 4.69) is 29.7 Å². The zero-order valence-corrected chi connectivity index (χ0v) is 21.8. The number of piperidine rings is 1. The number of carbonyl (C=O) groups is 1. The highest BCUT2D eigenvalue weighted by molar-refractivity contribution is 5.85. The lowest BCUT2D eigenvalue weighted by Gasteiger charge is -2.33. The van der Waals surface area contributed by atoms with Gasteiger partial charge in [0.05, 0.1) is 18.7 Å². The Bertz CT molecular complexity index is 1180. The molecule has 9 heteroatoms. The van der Waals surface area contributed by atoms with Gasteiger partial charge in [0, 0.05) is 45.2 Å². The van der Waals surface area contributed by atoms with Gasteiger partial charge in [0.25, 0.3) is 0 Å². The summed E-state index contributed by atoms with van der Waals surface area (Å²) < 4.78 is 7.89. The zero-order chi connectivity index (χ0) is 25.0. The molecule has 3 aromatic heterocycles. The van der Waals surface area contributed by atoms with Gasteiger partial charge in [-0.15, -0.1) is 0 Å². The van der Waals surface area contributed by atoms with Crippen molar-refractivity contribution in [1.29, 1.82) is 0 Å². The van der Waals surface area contributed by atoms with Gasteiger partial charge in [-0.1, -0.05) is 19.3 Å². The number of fused-ring (bicyclic) bond motifs is 3. The SMILES string of the molecule is O=C(NCCN(Cc1ccco1)C1CCCC1)[C@@H]1CCCN(c2ncnc3c2nc2n3CCCCC2)C1. The molecule has 198 valence electrons. The Morgan fingerprint density at radius 3 is 2.86 bits per heavy atom. The van der Waals surface area contributed by atoms with Crippen molar-refractivity contribution in [1.82, 2.24) is 29.7 Å². The minimum Gasteiger partial charge on any atom is -0.468 e. The number of imidazole rings is 1. The highest BCUT2D eigenvalue weighted by Gasteiger charge is 2.29. The van der Waals surface area contributed by atoms with Gasteiger partial charge >= 0.3 is 0 Å². The number of nitrogens with one attached hydrogen (secondary N) is 1. The van der Waals surface area contributed by atoms with Crippen LogP contribution in [-0.4, -0.2) is 62.5 Å². The van der Waals surface area contributed by atoms with Crippen LogP contribution in [0.5, 0.6) is 0 Å². The molecule has 3 aliphatic rings. The maximum absolute atomic E-state index is 13.2. The molecule has 6 rings (SSSR count). The maximum Gasteiger partial charge on any atom is 0.224 e. The fourth-order valence-electron chi connectivity index (χ4n) is 6.47. The third kappa shape index (κ3) is 5.37. The molecular formula is C28H39N7O2. The van der Waals surface area contributed by atoms with E-state index in [9.17, 15) is 4.79 Å². The van der Waals surface area contributed by atoms with E-state index in [4.69, 9.17) is 9.40 Å². The molecule has 1 amide bonds. The monoisotopic (exact) mass is 505 g/mol. The largest absolute Gasteiger partial charge is 0.468 e. The molecule has 1 aliphatic carbocycles. The van der Waals surface area contributed by atoms with E-state index < -0.39 is 0 Å². The minimum absolute atomic E-state index is 0.0378. The number of furan rings is 1. The third-order valence-electron chi connectivity index (χ3n) is 8.44. The summed E-state index contributed by atoms with van der Waals surface area (Å²) in [5.74, 6) is 3.12. The Hall–Kier alpha value is -2.94. The van der Waals surface area contributed by atoms with E-state index >= 15 is 0 Å². The number of anilines is 1. The van der Waals surface area contributed by atoms with Crippen LogP contribution in [0.25, 0.3) is 11.2 Å². The van der Waals surface area contributed by atoms with Crippen molar-refractivity contribution < 1.29 is 9.21 Å². The lowest BCUT2D eigenvalue weighted by molar-refractivity contribution is -0.125. The Morgan fingerprint density at radius 1 is 1.08 bits per heavy atom. The summed E-state index contributed by atoms with van der Waals surface area (Å²) >= 11 is 0. The molecule has 9 nitrogen and oxygen atoms in total. The number of rotatable bonds is 8. The topological polar surface area (TPSA) is 92.3 Å². The van der Waals surface area contributed by atoms with Gasteiger partial charge in [0.1, 0.15) is 17.9 Å². The molecular weight excluding hydrogens is 466 g/mol. The molecule has 0 spiro atoms. The number of aromatic nitrogens is 4. The summed E-state index contributed by atoms with van der Waals surface area (Å²) in [7, 11) is 0. The van der Waals surface area contributed by atoms with Gasteiger partial charge in [0.2, 0.25) is 5.91 Å². The van der Waals surface area contributed by atoms with Crippen molar-refractivity contribution >= 4 is 22.9 Å². The molecule has 0 bridgehead atoms. The molecule has 1 saturated carbocycles. The van der Waals surface area contributed by atoms with Crippen LogP contribution >= 0.6 is 0 Å². The number of nitrogens with zero attached hydrogens (tertiary/aromatic N) is 6. The second kappa shape index (κ2) is 11.2. The lowest BCUT2D eigenvalue weighted by atomic mass is 9.97. The predicted molar refractivity (Wildman–Crippen MR) is 142 cm³/mol. The van der Waals surface area contributed by atoms with Crippen molar-refractivity contribution in [2.24, 2.45) is 5.92 Å². The number of aryl methyl sites for hydroxylation is 2. The molecule has 5 heterocycles. The zero-order valence-electron chi connectivity index (χ0n) is 21.8. The number of hydrogen-bond acceptors (Lipinski definition) is 7. The molecule has 0 aromatic carbocycles. The average molecular weight is 506 g/mol. The average Bonchev–Trinajstić information content (AvgIpc) is 3.68. The summed E-state index contributed by atoms with van der Waals surface area (Å²) in [5, 5.41) is 3.25. The lowest BCUT2D eigenvalue weighted by Crippen LogP contribution is -2.45. The van der Waals surface area contributed by atoms with E-state index in [-0.39, 0.29) is 11.8 Å². The van der Waals surface area contributed by atoms with Crippen LogP contribution in [0.15, 0.2) is 29.1 Å². The van der Waals surface area contributed by atoms with Crippen LogP contribution in [0.2, 0.25) is 0 Å². The van der Waals surface area contributed by atoms with Crippen molar-refractivity contribution in [2.75, 3.05) is 31.1 Å². The Kier molecular flexibility index (Phi) is 7.39. The first-order valence-electron chi connectivity index (χ1n) is 14.3. The molecule has 3 aromatic rings. The van der Waals surface area contributed by atoms with Crippen LogP contribution in [-0.2, 0) is 24.3 Å². The van der Waals surface area contributed by atoms with Gasteiger partial charge in [-0.2, -0.15) is 0 Å². The van der Waals surface area contributed by atoms with E-state index in [0.29, 0.717) is 19.1 Å². The molecule has 2 fully saturated rings. The number of amides is 1. The smallest absolute Gasteiger partial charge is 0.224 e. The maximum atomic E-state index is 13.2. The van der Waals surface area contributed by atoms with Crippen molar-refractivity contribution in [3.05, 3.63) is 36.3 Å². The Balaban J connectivity index is 1.09. The summed E-state index contributed by atoms with van der Waals surface area (Å²) in [6.07, 6.45) is 14.9. The summed E-state index contributed by atoms with van der Waals surface area (Å²) in [5.41, 5.74) is 1.84. The van der Waals surface area contributed by atoms with E-state index in [1.54, 1.807) is 12.6 Å². The van der Waals surface area contributed by atoms with Gasteiger partial charge in [0.15, 0.2) is 17.0 Å². The van der Waals surface area contributed by atoms with Crippen LogP contribution in [0.1, 0.15) is 69.4 Å². The third-order valence-corrected chi connectivity index (χ3v) is 8.44. The summed E-state index contributed by atoms with van der Waals surface area (Å²) in [4.78, 5) is 32.2. The second-order valence-electron chi connectivity index (χ2n) is 10.9. The highest BCUT2D eigenvalue weighted by Crippen LogP contribution is 2.29. The first kappa shape index (κ1) is 24.4. The standard InChI is InChI=1S/C28H39N7O2/c36-28(29-13-16-33(22-9-3-4-10-22)19-23-11-7-17-37-23)21-8-6-14-34(18-21)26-25-27(31-20-30-26)35-15-5-1-2-12-24(35)32-25/h7,11,17,20-22H,1-6,8-10,12-16,18-19H2,(H,29,36)/t21-/m1/s1. The van der Waals surface area contributed by atoms with Gasteiger partial charge < -0.3 is 19.2 Å². The molecule has 0 radical (unpaired) electrons. The quantitative estimate of drug-likeness (QED) is 0.496. The Morgan fingerprint density at radius 2 is 2.00 bits per heavy atom. The van der Waals surface area contributed by atoms with Gasteiger partial charge in [-0.25, -0.2) is 15.0 Å². The van der Waals surface area contributed by atoms with Crippen molar-refractivity contribution in [3.63, 3.8) is 0 Å². The Labute approximate surface area is 218 Å². The van der Waals surface area contributed by atoms with Crippen LogP contribution in [0, 0.1) is 5.92 Å². The van der Waals surface area contributed by atoms with Gasteiger partial charge in [-0.05, 0) is 50.7 Å². The van der Waals surface area contributed by atoms with E-state index in [1.165, 1.54) is 44.9 Å². The van der Waals surface area contributed by atoms with E-state index in [1.807, 2.05) is 12.1 Å². The second-order valence-corrected chi connectivity index (χ2v) is 10.9. The minimum atomic E-state index is -0.0378. The van der Waals surface area contributed by atoms with Crippen LogP contribution < -0.4 is 10.2 Å². The predicted octanol–water partition coefficient (Wildman–Crippen LogP) is 3.92. The summed E-state index contributed by atoms with van der Waals surface area (Å²) in [6.45, 7) is 4.88. The first-order chi connectivity index (χ1) is 18.3. The molecule has 37 heavy (non-hydrogen) atoms. The van der Waals surface area contributed by atoms with Crippen molar-refractivity contribution in [3.8, 4) is 0 Å². The molecule has 1 N–H and O–H groups in total. The van der Waals surface area contributed by atoms with Gasteiger partial charge in [-0.3, -0.25) is 9.69 Å². The van der Waals surface area contributed by atoms with Crippen molar-refractivity contribution in [2.45, 2.75) is 83.3 Å². The normalized spacial score (nSPS) is 20.9. The molecule has 0 unspecified atom stereocenters. The van der Waals surface area contributed by atoms with Crippen LogP contribution in [0.3, 0.4) is 0 Å². The highest BCUT2D eigenvalue weighted by atomic mass is 16.3. The molecule has 2 aliphatic heterocycles. The molecule has 1 atom stereocenters. The molecule has 1 saturated heterocycles. The fraction of sp³-hybridized carbons (Fsp3) is 0.643. The fourth-order valence-corrected chi connectivity index (χ4v) is 6.47. The number of carbonyl (C=O) groups excluding carboxylic acids is 1.